The van der Waals surface area contributed by atoms with Gasteiger partial charge in [0.05, 0.1) is 19.8 Å². The Balaban J connectivity index is 3.82. The lowest BCUT2D eigenvalue weighted by atomic mass is 10.0. The van der Waals surface area contributed by atoms with Crippen LogP contribution in [0.15, 0.2) is 0 Å². The molecule has 2 unspecified atom stereocenters. The molecular formula is C34H61N3O10. The quantitative estimate of drug-likeness (QED) is 0.0486. The van der Waals surface area contributed by atoms with E-state index in [0.29, 0.717) is 45.5 Å². The number of rotatable bonds is 34. The zero-order valence-corrected chi connectivity index (χ0v) is 28.6. The molecule has 0 saturated carbocycles. The van der Waals surface area contributed by atoms with E-state index < -0.39 is 18.0 Å². The smallest absolute Gasteiger partial charge is 0.326 e. The van der Waals surface area contributed by atoms with Crippen molar-refractivity contribution in [3.8, 4) is 0 Å². The van der Waals surface area contributed by atoms with Gasteiger partial charge in [0, 0.05) is 38.3 Å². The van der Waals surface area contributed by atoms with Crippen LogP contribution in [0.4, 0.5) is 0 Å². The van der Waals surface area contributed by atoms with Gasteiger partial charge in [0.1, 0.15) is 18.9 Å². The Morgan fingerprint density at radius 3 is 1.62 bits per heavy atom. The number of carbonyl (C=O) groups is 6. The molecule has 0 aliphatic rings. The number of unbranched alkanes of at least 4 members (excludes halogenated alkanes) is 13. The van der Waals surface area contributed by atoms with Crippen LogP contribution < -0.4 is 16.0 Å². The number of nitrogens with one attached hydrogen (secondary N) is 3. The maximum absolute atomic E-state index is 12.3. The van der Waals surface area contributed by atoms with E-state index in [1.165, 1.54) is 44.9 Å². The monoisotopic (exact) mass is 671 g/mol. The molecule has 5 N–H and O–H groups in total. The minimum absolute atomic E-state index is 0.0207. The molecule has 0 aromatic rings. The topological polar surface area (TPSA) is 197 Å². The van der Waals surface area contributed by atoms with Gasteiger partial charge >= 0.3 is 11.9 Å². The molecule has 13 nitrogen and oxygen atoms in total. The number of aliphatic carboxylic acids is 2. The molecule has 0 fully saturated rings. The standard InChI is InChI=1S/C34H61N3O10/c1-28(18-20-30(39)35-22-24-46-26-27-47-25-23-38)36-32(41)21-19-29(34(44)45)37-31(40)16-14-12-10-8-6-4-2-3-5-7-9-11-13-15-17-33(42)43/h23,28-29H,2-22,24-27H2,1H3,(H,35,39)(H,36,41)(H,37,40)(H,42,43)(H,44,45). The van der Waals surface area contributed by atoms with E-state index in [9.17, 15) is 33.9 Å². The molecule has 3 amide bonds. The molecule has 0 aliphatic carbocycles. The maximum atomic E-state index is 12.3. The zero-order valence-electron chi connectivity index (χ0n) is 28.6. The summed E-state index contributed by atoms with van der Waals surface area (Å²) in [6.07, 6.45) is 16.9. The molecule has 272 valence electrons. The highest BCUT2D eigenvalue weighted by molar-refractivity contribution is 5.84. The second kappa shape index (κ2) is 31.5. The van der Waals surface area contributed by atoms with Crippen LogP contribution in [0.5, 0.6) is 0 Å². The van der Waals surface area contributed by atoms with Crippen molar-refractivity contribution < 1.29 is 48.5 Å². The summed E-state index contributed by atoms with van der Waals surface area (Å²) in [5.41, 5.74) is 0. The molecule has 2 atom stereocenters. The lowest BCUT2D eigenvalue weighted by Crippen LogP contribution is -2.42. The van der Waals surface area contributed by atoms with Gasteiger partial charge in [0.15, 0.2) is 0 Å². The minimum atomic E-state index is -1.18. The molecule has 0 bridgehead atoms. The first-order valence-corrected chi connectivity index (χ1v) is 17.5. The molecule has 0 heterocycles. The van der Waals surface area contributed by atoms with Gasteiger partial charge in [-0.1, -0.05) is 77.0 Å². The van der Waals surface area contributed by atoms with Crippen molar-refractivity contribution in [3.63, 3.8) is 0 Å². The Kier molecular flexibility index (Phi) is 29.5. The highest BCUT2D eigenvalue weighted by Crippen LogP contribution is 2.14. The van der Waals surface area contributed by atoms with Crippen molar-refractivity contribution in [2.75, 3.05) is 33.0 Å². The van der Waals surface area contributed by atoms with Gasteiger partial charge in [-0.2, -0.15) is 0 Å². The summed E-state index contributed by atoms with van der Waals surface area (Å²) in [5, 5.41) is 26.1. The van der Waals surface area contributed by atoms with Gasteiger partial charge in [-0.25, -0.2) is 4.79 Å². The van der Waals surface area contributed by atoms with E-state index in [0.717, 1.165) is 38.5 Å². The summed E-state index contributed by atoms with van der Waals surface area (Å²) < 4.78 is 10.2. The fraction of sp³-hybridized carbons (Fsp3) is 0.824. The molecule has 0 rings (SSSR count). The van der Waals surface area contributed by atoms with Crippen LogP contribution in [0.25, 0.3) is 0 Å². The molecule has 47 heavy (non-hydrogen) atoms. The number of carboxylic acid groups (broad SMARTS) is 2. The predicted octanol–water partition coefficient (Wildman–Crippen LogP) is 4.30. The summed E-state index contributed by atoms with van der Waals surface area (Å²) in [4.78, 5) is 68.8. The summed E-state index contributed by atoms with van der Waals surface area (Å²) >= 11 is 0. The Morgan fingerprint density at radius 1 is 0.596 bits per heavy atom. The van der Waals surface area contributed by atoms with E-state index in [1.54, 1.807) is 6.92 Å². The van der Waals surface area contributed by atoms with Crippen LogP contribution in [0, 0.1) is 0 Å². The average Bonchev–Trinajstić information content (AvgIpc) is 3.02. The highest BCUT2D eigenvalue weighted by atomic mass is 16.5. The first-order chi connectivity index (χ1) is 22.6. The fourth-order valence-corrected chi connectivity index (χ4v) is 4.95. The third-order valence-corrected chi connectivity index (χ3v) is 7.68. The summed E-state index contributed by atoms with van der Waals surface area (Å²) in [6, 6.07) is -1.42. The normalized spacial score (nSPS) is 12.2. The van der Waals surface area contributed by atoms with Crippen molar-refractivity contribution in [2.45, 2.75) is 147 Å². The van der Waals surface area contributed by atoms with Crippen LogP contribution in [-0.2, 0) is 38.2 Å². The number of hydrogen-bond donors (Lipinski definition) is 5. The lowest BCUT2D eigenvalue weighted by Gasteiger charge is -2.17. The van der Waals surface area contributed by atoms with Gasteiger partial charge in [0.2, 0.25) is 17.7 Å². The summed E-state index contributed by atoms with van der Waals surface area (Å²) in [7, 11) is 0. The Bertz CT molecular complexity index is 871. The number of ether oxygens (including phenoxy) is 2. The zero-order chi connectivity index (χ0) is 35.0. The molecule has 13 heteroatoms. The molecule has 0 aromatic heterocycles. The molecule has 0 spiro atoms. The fourth-order valence-electron chi connectivity index (χ4n) is 4.95. The van der Waals surface area contributed by atoms with Gasteiger partial charge in [-0.3, -0.25) is 19.2 Å². The predicted molar refractivity (Wildman–Crippen MR) is 178 cm³/mol. The van der Waals surface area contributed by atoms with Gasteiger partial charge < -0.3 is 40.4 Å². The first-order valence-electron chi connectivity index (χ1n) is 17.5. The van der Waals surface area contributed by atoms with Crippen LogP contribution in [-0.4, -0.2) is 91.2 Å². The Morgan fingerprint density at radius 2 is 1.09 bits per heavy atom. The van der Waals surface area contributed by atoms with E-state index in [-0.39, 0.29) is 62.5 Å². The lowest BCUT2D eigenvalue weighted by molar-refractivity contribution is -0.142. The van der Waals surface area contributed by atoms with Crippen molar-refractivity contribution >= 4 is 35.9 Å². The number of amides is 3. The molecule has 0 aromatic carbocycles. The molecular weight excluding hydrogens is 610 g/mol. The molecule has 0 radical (unpaired) electrons. The SMILES string of the molecule is CC(CCC(=O)NCCOCCOCC=O)NC(=O)CCC(NC(=O)CCCCCCCCCCCCCCCCC(=O)O)C(=O)O. The van der Waals surface area contributed by atoms with Crippen LogP contribution >= 0.6 is 0 Å². The van der Waals surface area contributed by atoms with Gasteiger partial charge in [0.25, 0.3) is 0 Å². The Labute approximate surface area is 280 Å². The van der Waals surface area contributed by atoms with Gasteiger partial charge in [-0.15, -0.1) is 0 Å². The van der Waals surface area contributed by atoms with Crippen LogP contribution in [0.1, 0.15) is 135 Å². The second-order valence-corrected chi connectivity index (χ2v) is 12.1. The maximum Gasteiger partial charge on any atom is 0.326 e. The highest BCUT2D eigenvalue weighted by Gasteiger charge is 2.21. The van der Waals surface area contributed by atoms with E-state index in [2.05, 4.69) is 16.0 Å². The number of aldehydes is 1. The third-order valence-electron chi connectivity index (χ3n) is 7.68. The number of carboxylic acids is 2. The molecule has 0 aliphatic heterocycles. The van der Waals surface area contributed by atoms with Crippen molar-refractivity contribution in [1.29, 1.82) is 0 Å². The molecule has 0 saturated heterocycles. The van der Waals surface area contributed by atoms with Gasteiger partial charge in [-0.05, 0) is 32.6 Å². The van der Waals surface area contributed by atoms with E-state index >= 15 is 0 Å². The minimum Gasteiger partial charge on any atom is -0.481 e. The van der Waals surface area contributed by atoms with Crippen LogP contribution in [0.2, 0.25) is 0 Å². The number of carbonyl (C=O) groups excluding carboxylic acids is 4. The average molecular weight is 672 g/mol. The Hall–Kier alpha value is -3.06. The second-order valence-electron chi connectivity index (χ2n) is 12.1. The first kappa shape index (κ1) is 43.9. The largest absolute Gasteiger partial charge is 0.481 e. The summed E-state index contributed by atoms with van der Waals surface area (Å²) in [6.45, 7) is 3.06. The third kappa shape index (κ3) is 31.3. The van der Waals surface area contributed by atoms with Crippen LogP contribution in [0.3, 0.4) is 0 Å². The summed E-state index contributed by atoms with van der Waals surface area (Å²) in [5.74, 6) is -2.73. The number of hydrogen-bond acceptors (Lipinski definition) is 8. The van der Waals surface area contributed by atoms with Crippen molar-refractivity contribution in [1.82, 2.24) is 16.0 Å². The van der Waals surface area contributed by atoms with E-state index in [4.69, 9.17) is 14.6 Å². The van der Waals surface area contributed by atoms with Crippen molar-refractivity contribution in [2.24, 2.45) is 0 Å². The van der Waals surface area contributed by atoms with Crippen molar-refractivity contribution in [3.05, 3.63) is 0 Å². The van der Waals surface area contributed by atoms with E-state index in [1.807, 2.05) is 0 Å².